The molecule has 8 heavy (non-hydrogen) atoms. The van der Waals surface area contributed by atoms with E-state index >= 15 is 0 Å². The van der Waals surface area contributed by atoms with Gasteiger partial charge in [-0.2, -0.15) is 0 Å². The van der Waals surface area contributed by atoms with Crippen LogP contribution in [0.1, 0.15) is 0 Å². The summed E-state index contributed by atoms with van der Waals surface area (Å²) in [4.78, 5) is 0. The fraction of sp³-hybridized carbons (Fsp3) is 1.00. The van der Waals surface area contributed by atoms with Gasteiger partial charge in [0.15, 0.2) is 11.8 Å². The molecule has 0 spiro atoms. The van der Waals surface area contributed by atoms with Crippen LogP contribution in [0.3, 0.4) is 0 Å². The molecule has 2 nitrogen and oxygen atoms in total. The summed E-state index contributed by atoms with van der Waals surface area (Å²) in [6, 6.07) is 0. The largest absolute Gasteiger partial charge is 0.230 e. The smallest absolute Gasteiger partial charge is 0.165 e. The number of halogens is 1. The van der Waals surface area contributed by atoms with Crippen LogP contribution >= 0.6 is 11.8 Å². The van der Waals surface area contributed by atoms with Gasteiger partial charge in [-0.05, 0) is 0 Å². The fourth-order valence-electron chi connectivity index (χ4n) is 0.782. The maximum Gasteiger partial charge on any atom is 0.165 e. The van der Waals surface area contributed by atoms with Crippen molar-refractivity contribution in [2.24, 2.45) is 0 Å². The van der Waals surface area contributed by atoms with E-state index in [0.717, 1.165) is 26.2 Å². The van der Waals surface area contributed by atoms with E-state index in [2.05, 4.69) is 5.32 Å². The molecule has 0 amide bonds. The molecule has 0 aromatic heterocycles. The van der Waals surface area contributed by atoms with Crippen molar-refractivity contribution in [1.29, 1.82) is 0 Å². The Morgan fingerprint density at radius 3 is 2.12 bits per heavy atom. The summed E-state index contributed by atoms with van der Waals surface area (Å²) in [6.07, 6.45) is 0. The lowest BCUT2D eigenvalue weighted by Gasteiger charge is -2.27. The van der Waals surface area contributed by atoms with Crippen LogP contribution < -0.4 is 5.32 Å². The maximum absolute atomic E-state index is 5.95. The number of piperazine rings is 1. The van der Waals surface area contributed by atoms with E-state index in [9.17, 15) is 0 Å². The van der Waals surface area contributed by atoms with Crippen molar-refractivity contribution in [3.05, 3.63) is 0 Å². The predicted octanol–water partition coefficient (Wildman–Crippen LogP) is 0.205. The molecule has 0 bridgehead atoms. The third-order valence-electron chi connectivity index (χ3n) is 1.45. The van der Waals surface area contributed by atoms with E-state index in [1.165, 1.54) is 0 Å². The van der Waals surface area contributed by atoms with Gasteiger partial charge in [-0.15, -0.1) is 0 Å². The predicted molar refractivity (Wildman–Crippen MR) is 33.6 cm³/mol. The number of hydrogen-bond donors (Lipinski definition) is 0. The summed E-state index contributed by atoms with van der Waals surface area (Å²) >= 11 is 5.95. The lowest BCUT2D eigenvalue weighted by molar-refractivity contribution is -0.796. The Labute approximate surface area is 55.1 Å². The average molecular weight is 135 g/mol. The zero-order valence-electron chi connectivity index (χ0n) is 5.10. The minimum atomic E-state index is 0.628. The minimum absolute atomic E-state index is 0.628. The molecule has 1 rings (SSSR count). The molecule has 1 saturated heterocycles. The lowest BCUT2D eigenvalue weighted by atomic mass is 10.4. The summed E-state index contributed by atoms with van der Waals surface area (Å²) in [5.41, 5.74) is 0. The third kappa shape index (κ3) is 1.62. The second-order valence-electron chi connectivity index (χ2n) is 2.38. The first-order chi connectivity index (χ1) is 3.71. The first-order valence-corrected chi connectivity index (χ1v) is 3.22. The van der Waals surface area contributed by atoms with Gasteiger partial charge in [-0.1, -0.05) is 0 Å². The first-order valence-electron chi connectivity index (χ1n) is 2.88. The minimum Gasteiger partial charge on any atom is -0.230 e. The summed E-state index contributed by atoms with van der Waals surface area (Å²) < 4.78 is 0.628. The Bertz CT molecular complexity index is 74.5. The van der Waals surface area contributed by atoms with E-state index in [1.807, 2.05) is 7.05 Å². The summed E-state index contributed by atoms with van der Waals surface area (Å²) in [7, 11) is 2.02. The molecule has 0 aromatic rings. The molecule has 0 unspecified atom stereocenters. The standard InChI is InChI=1S/C5H11ClN2/c1-8(6)4-2-7-3-5-8/h2-5H2,1H3/q+1. The van der Waals surface area contributed by atoms with Crippen LogP contribution in [0.5, 0.6) is 0 Å². The van der Waals surface area contributed by atoms with E-state index in [0.29, 0.717) is 4.00 Å². The van der Waals surface area contributed by atoms with E-state index in [-0.39, 0.29) is 0 Å². The van der Waals surface area contributed by atoms with Gasteiger partial charge in [-0.25, -0.2) is 9.32 Å². The number of likely N-dealkylation sites (N-methyl/N-ethyl adjacent to an activating group) is 1. The molecule has 1 aliphatic heterocycles. The fourth-order valence-corrected chi connectivity index (χ4v) is 0.933. The first kappa shape index (κ1) is 6.33. The van der Waals surface area contributed by atoms with E-state index in [1.54, 1.807) is 0 Å². The highest BCUT2D eigenvalue weighted by Crippen LogP contribution is 2.07. The molecule has 0 N–H and O–H groups in total. The maximum atomic E-state index is 5.95. The zero-order chi connectivity index (χ0) is 6.04. The Balaban J connectivity index is 2.33. The van der Waals surface area contributed by atoms with Crippen molar-refractivity contribution in [2.45, 2.75) is 0 Å². The number of nitrogens with zero attached hydrogens (tertiary/aromatic N) is 2. The molecule has 0 aromatic carbocycles. The quantitative estimate of drug-likeness (QED) is 0.421. The molecule has 47 valence electrons. The average Bonchev–Trinajstić information content (AvgIpc) is 1.65. The molecular weight excluding hydrogens is 124 g/mol. The van der Waals surface area contributed by atoms with E-state index in [4.69, 9.17) is 11.8 Å². The second-order valence-corrected chi connectivity index (χ2v) is 3.20. The van der Waals surface area contributed by atoms with Gasteiger partial charge in [0.2, 0.25) is 0 Å². The van der Waals surface area contributed by atoms with Gasteiger partial charge in [-0.3, -0.25) is 0 Å². The normalized spacial score (nSPS) is 27.8. The van der Waals surface area contributed by atoms with Crippen LogP contribution in [0.25, 0.3) is 0 Å². The van der Waals surface area contributed by atoms with Gasteiger partial charge in [0.25, 0.3) is 0 Å². The van der Waals surface area contributed by atoms with Gasteiger partial charge < -0.3 is 0 Å². The van der Waals surface area contributed by atoms with E-state index < -0.39 is 0 Å². The van der Waals surface area contributed by atoms with Crippen LogP contribution in [-0.2, 0) is 0 Å². The summed E-state index contributed by atoms with van der Waals surface area (Å²) in [5, 5.41) is 4.17. The molecule has 1 aliphatic rings. The Morgan fingerprint density at radius 1 is 1.38 bits per heavy atom. The van der Waals surface area contributed by atoms with Gasteiger partial charge in [0, 0.05) is 0 Å². The van der Waals surface area contributed by atoms with Gasteiger partial charge in [0.1, 0.15) is 13.1 Å². The highest BCUT2D eigenvalue weighted by Gasteiger charge is 2.22. The molecule has 0 atom stereocenters. The molecule has 1 fully saturated rings. The number of hydrogen-bond acceptors (Lipinski definition) is 0. The number of rotatable bonds is 0. The van der Waals surface area contributed by atoms with Gasteiger partial charge >= 0.3 is 0 Å². The van der Waals surface area contributed by atoms with Crippen molar-refractivity contribution in [3.8, 4) is 0 Å². The van der Waals surface area contributed by atoms with Crippen LogP contribution in [-0.4, -0.2) is 37.2 Å². The van der Waals surface area contributed by atoms with Crippen LogP contribution in [0.15, 0.2) is 0 Å². The highest BCUT2D eigenvalue weighted by molar-refractivity contribution is 6.06. The van der Waals surface area contributed by atoms with Gasteiger partial charge in [0.05, 0.1) is 20.1 Å². The molecule has 3 heteroatoms. The van der Waals surface area contributed by atoms with Crippen molar-refractivity contribution in [1.82, 2.24) is 5.32 Å². The topological polar surface area (TPSA) is 14.1 Å². The molecule has 1 heterocycles. The molecule has 0 saturated carbocycles. The van der Waals surface area contributed by atoms with Crippen LogP contribution in [0.2, 0.25) is 0 Å². The van der Waals surface area contributed by atoms with Crippen molar-refractivity contribution < 1.29 is 4.00 Å². The second kappa shape index (κ2) is 2.21. The summed E-state index contributed by atoms with van der Waals surface area (Å²) in [5.74, 6) is 0. The lowest BCUT2D eigenvalue weighted by Crippen LogP contribution is -2.46. The Hall–Kier alpha value is 0.210. The van der Waals surface area contributed by atoms with Crippen LogP contribution in [0, 0.1) is 0 Å². The monoisotopic (exact) mass is 134 g/mol. The molecular formula is C5H11ClN2+. The van der Waals surface area contributed by atoms with Crippen molar-refractivity contribution in [2.75, 3.05) is 33.2 Å². The summed E-state index contributed by atoms with van der Waals surface area (Å²) in [6.45, 7) is 3.84. The van der Waals surface area contributed by atoms with Crippen molar-refractivity contribution >= 4 is 11.8 Å². The number of quaternary nitrogens is 1. The molecule has 1 radical (unpaired) electrons. The van der Waals surface area contributed by atoms with Crippen molar-refractivity contribution in [3.63, 3.8) is 0 Å². The third-order valence-corrected chi connectivity index (χ3v) is 1.79. The van der Waals surface area contributed by atoms with Crippen LogP contribution in [0.4, 0.5) is 0 Å². The highest BCUT2D eigenvalue weighted by atomic mass is 35.5. The SMILES string of the molecule is C[N+]1(Cl)CC[N]CC1. The Morgan fingerprint density at radius 2 is 1.88 bits per heavy atom. The Kier molecular flexibility index (Phi) is 1.75. The zero-order valence-corrected chi connectivity index (χ0v) is 5.86. The molecule has 0 aliphatic carbocycles.